The molecule has 3 rings (SSSR count). The Balaban J connectivity index is 0.00000300. The molecular formula is C21H32ClN5O2. The zero-order valence-corrected chi connectivity index (χ0v) is 18.7. The van der Waals surface area contributed by atoms with Gasteiger partial charge in [0.05, 0.1) is 17.5 Å². The van der Waals surface area contributed by atoms with Crippen molar-refractivity contribution in [3.8, 4) is 11.4 Å². The molecule has 1 aliphatic heterocycles. The summed E-state index contributed by atoms with van der Waals surface area (Å²) in [5.41, 5.74) is 8.21. The smallest absolute Gasteiger partial charge is 0.276 e. The Morgan fingerprint density at radius 3 is 2.52 bits per heavy atom. The van der Waals surface area contributed by atoms with Gasteiger partial charge >= 0.3 is 0 Å². The number of halogens is 1. The lowest BCUT2D eigenvalue weighted by Gasteiger charge is -2.42. The van der Waals surface area contributed by atoms with Crippen LogP contribution in [0, 0.1) is 5.41 Å². The molecule has 29 heavy (non-hydrogen) atoms. The maximum absolute atomic E-state index is 13.1. The highest BCUT2D eigenvalue weighted by molar-refractivity contribution is 5.93. The van der Waals surface area contributed by atoms with Crippen molar-refractivity contribution in [3.05, 3.63) is 35.7 Å². The van der Waals surface area contributed by atoms with Gasteiger partial charge < -0.3 is 15.4 Å². The summed E-state index contributed by atoms with van der Waals surface area (Å²) in [6, 6.07) is 7.79. The number of benzene rings is 1. The van der Waals surface area contributed by atoms with E-state index in [0.29, 0.717) is 25.2 Å². The summed E-state index contributed by atoms with van der Waals surface area (Å²) in [6.45, 7) is 11.5. The SMILES string of the molecule is CCc1c(C(=O)N2CCC(N)C(C)(C)C2)nnn1-c1ccc(OC(C)C)cc1.Cl. The predicted molar refractivity (Wildman–Crippen MR) is 116 cm³/mol. The molecular weight excluding hydrogens is 390 g/mol. The first kappa shape index (κ1) is 23.2. The molecule has 0 bridgehead atoms. The third-order valence-electron chi connectivity index (χ3n) is 5.35. The first-order chi connectivity index (χ1) is 13.2. The van der Waals surface area contributed by atoms with Crippen LogP contribution in [0.25, 0.3) is 5.69 Å². The molecule has 2 heterocycles. The van der Waals surface area contributed by atoms with Crippen molar-refractivity contribution in [1.82, 2.24) is 19.9 Å². The minimum absolute atomic E-state index is 0. The van der Waals surface area contributed by atoms with Gasteiger partial charge in [-0.15, -0.1) is 17.5 Å². The number of hydrogen-bond donors (Lipinski definition) is 1. The summed E-state index contributed by atoms with van der Waals surface area (Å²) in [4.78, 5) is 15.0. The number of carbonyl (C=O) groups excluding carboxylic acids is 1. The number of amides is 1. The Labute approximate surface area is 179 Å². The van der Waals surface area contributed by atoms with Gasteiger partial charge in [0, 0.05) is 19.1 Å². The Morgan fingerprint density at radius 2 is 1.97 bits per heavy atom. The van der Waals surface area contributed by atoms with Gasteiger partial charge in [-0.05, 0) is 56.4 Å². The number of likely N-dealkylation sites (tertiary alicyclic amines) is 1. The molecule has 8 heteroatoms. The standard InChI is InChI=1S/C21H31N5O2.ClH/c1-6-17-19(20(27)25-12-11-18(22)21(4,5)13-25)23-24-26(17)15-7-9-16(10-8-15)28-14(2)3;/h7-10,14,18H,6,11-13,22H2,1-5H3;1H. The fourth-order valence-electron chi connectivity index (χ4n) is 3.63. The third-order valence-corrected chi connectivity index (χ3v) is 5.35. The first-order valence-electron chi connectivity index (χ1n) is 9.99. The van der Waals surface area contributed by atoms with Crippen LogP contribution in [0.5, 0.6) is 5.75 Å². The zero-order valence-electron chi connectivity index (χ0n) is 17.9. The van der Waals surface area contributed by atoms with E-state index in [1.807, 2.05) is 49.9 Å². The third kappa shape index (κ3) is 4.90. The minimum Gasteiger partial charge on any atom is -0.491 e. The van der Waals surface area contributed by atoms with Crippen LogP contribution >= 0.6 is 12.4 Å². The minimum atomic E-state index is -0.109. The number of piperidine rings is 1. The molecule has 2 N–H and O–H groups in total. The lowest BCUT2D eigenvalue weighted by Crippen LogP contribution is -2.54. The van der Waals surface area contributed by atoms with Crippen LogP contribution < -0.4 is 10.5 Å². The summed E-state index contributed by atoms with van der Waals surface area (Å²) >= 11 is 0. The molecule has 2 aromatic rings. The molecule has 7 nitrogen and oxygen atoms in total. The average Bonchev–Trinajstić information content (AvgIpc) is 3.07. The lowest BCUT2D eigenvalue weighted by molar-refractivity contribution is 0.0526. The zero-order chi connectivity index (χ0) is 20.5. The van der Waals surface area contributed by atoms with Crippen LogP contribution in [-0.2, 0) is 6.42 Å². The van der Waals surface area contributed by atoms with Gasteiger partial charge in [0.1, 0.15) is 5.75 Å². The van der Waals surface area contributed by atoms with Crippen LogP contribution in [0.1, 0.15) is 57.2 Å². The molecule has 0 saturated carbocycles. The van der Waals surface area contributed by atoms with Crippen molar-refractivity contribution in [1.29, 1.82) is 0 Å². The summed E-state index contributed by atoms with van der Waals surface area (Å²) in [6.07, 6.45) is 1.58. The second-order valence-electron chi connectivity index (χ2n) is 8.42. The molecule has 1 saturated heterocycles. The van der Waals surface area contributed by atoms with Gasteiger partial charge in [0.25, 0.3) is 5.91 Å². The molecule has 1 amide bonds. The maximum atomic E-state index is 13.1. The van der Waals surface area contributed by atoms with Crippen LogP contribution in [0.4, 0.5) is 0 Å². The number of nitrogens with two attached hydrogens (primary N) is 1. The Kier molecular flexibility index (Phi) is 7.30. The van der Waals surface area contributed by atoms with Crippen LogP contribution in [0.3, 0.4) is 0 Å². The number of hydrogen-bond acceptors (Lipinski definition) is 5. The fraction of sp³-hybridized carbons (Fsp3) is 0.571. The number of aromatic nitrogens is 3. The molecule has 0 spiro atoms. The van der Waals surface area contributed by atoms with Gasteiger partial charge in [-0.3, -0.25) is 4.79 Å². The van der Waals surface area contributed by atoms with Gasteiger partial charge in [-0.1, -0.05) is 26.0 Å². The van der Waals surface area contributed by atoms with Gasteiger partial charge in [-0.25, -0.2) is 4.68 Å². The second-order valence-corrected chi connectivity index (χ2v) is 8.42. The summed E-state index contributed by atoms with van der Waals surface area (Å²) in [5, 5.41) is 8.50. The van der Waals surface area contributed by atoms with Crippen molar-refractivity contribution >= 4 is 18.3 Å². The first-order valence-corrected chi connectivity index (χ1v) is 9.99. The maximum Gasteiger partial charge on any atom is 0.276 e. The van der Waals surface area contributed by atoms with E-state index in [1.54, 1.807) is 4.68 Å². The van der Waals surface area contributed by atoms with Crippen LogP contribution in [-0.4, -0.2) is 51.0 Å². The van der Waals surface area contributed by atoms with Crippen molar-refractivity contribution in [3.63, 3.8) is 0 Å². The highest BCUT2D eigenvalue weighted by Crippen LogP contribution is 2.29. The fourth-order valence-corrected chi connectivity index (χ4v) is 3.63. The second kappa shape index (κ2) is 9.13. The number of ether oxygens (including phenoxy) is 1. The van der Waals surface area contributed by atoms with E-state index in [4.69, 9.17) is 10.5 Å². The molecule has 1 aromatic carbocycles. The molecule has 160 valence electrons. The summed E-state index contributed by atoms with van der Waals surface area (Å²) < 4.78 is 7.44. The molecule has 0 radical (unpaired) electrons. The van der Waals surface area contributed by atoms with E-state index in [1.165, 1.54) is 0 Å². The Morgan fingerprint density at radius 1 is 1.31 bits per heavy atom. The van der Waals surface area contributed by atoms with Gasteiger partial charge in [0.2, 0.25) is 0 Å². The molecule has 1 aliphatic rings. The lowest BCUT2D eigenvalue weighted by atomic mass is 9.79. The summed E-state index contributed by atoms with van der Waals surface area (Å²) in [5.74, 6) is 0.739. The van der Waals surface area contributed by atoms with E-state index in [0.717, 1.165) is 23.6 Å². The van der Waals surface area contributed by atoms with E-state index in [-0.39, 0.29) is 35.9 Å². The molecule has 1 atom stereocenters. The number of carbonyl (C=O) groups is 1. The van der Waals surface area contributed by atoms with Crippen molar-refractivity contribution in [2.45, 2.75) is 59.6 Å². The van der Waals surface area contributed by atoms with Crippen molar-refractivity contribution in [2.24, 2.45) is 11.1 Å². The highest BCUT2D eigenvalue weighted by Gasteiger charge is 2.37. The predicted octanol–water partition coefficient (Wildman–Crippen LogP) is 3.24. The van der Waals surface area contributed by atoms with E-state index in [2.05, 4.69) is 24.2 Å². The largest absolute Gasteiger partial charge is 0.491 e. The molecule has 1 aromatic heterocycles. The molecule has 1 fully saturated rings. The van der Waals surface area contributed by atoms with E-state index >= 15 is 0 Å². The van der Waals surface area contributed by atoms with E-state index in [9.17, 15) is 4.79 Å². The quantitative estimate of drug-likeness (QED) is 0.800. The monoisotopic (exact) mass is 421 g/mol. The number of nitrogens with zero attached hydrogens (tertiary/aromatic N) is 4. The molecule has 1 unspecified atom stereocenters. The Hall–Kier alpha value is -2.12. The van der Waals surface area contributed by atoms with Crippen LogP contribution in [0.15, 0.2) is 24.3 Å². The van der Waals surface area contributed by atoms with Crippen LogP contribution in [0.2, 0.25) is 0 Å². The van der Waals surface area contributed by atoms with Gasteiger partial charge in [0.15, 0.2) is 5.69 Å². The summed E-state index contributed by atoms with van der Waals surface area (Å²) in [7, 11) is 0. The molecule has 0 aliphatic carbocycles. The highest BCUT2D eigenvalue weighted by atomic mass is 35.5. The average molecular weight is 422 g/mol. The van der Waals surface area contributed by atoms with E-state index < -0.39 is 0 Å². The van der Waals surface area contributed by atoms with Crippen molar-refractivity contribution in [2.75, 3.05) is 13.1 Å². The topological polar surface area (TPSA) is 86.3 Å². The Bertz CT molecular complexity index is 832. The van der Waals surface area contributed by atoms with Crippen molar-refractivity contribution < 1.29 is 9.53 Å². The van der Waals surface area contributed by atoms with Gasteiger partial charge in [-0.2, -0.15) is 0 Å². The normalized spacial score (nSPS) is 18.4. The number of rotatable bonds is 5.